The molecule has 0 saturated carbocycles. The van der Waals surface area contributed by atoms with Gasteiger partial charge in [0.15, 0.2) is 5.13 Å². The van der Waals surface area contributed by atoms with E-state index in [1.165, 1.54) is 30.4 Å². The van der Waals surface area contributed by atoms with Crippen molar-refractivity contribution in [1.82, 2.24) is 4.98 Å². The first kappa shape index (κ1) is 18.7. The van der Waals surface area contributed by atoms with Crippen LogP contribution in [0, 0.1) is 11.6 Å². The van der Waals surface area contributed by atoms with Gasteiger partial charge in [-0.3, -0.25) is 14.9 Å². The minimum atomic E-state index is -0.627. The van der Waals surface area contributed by atoms with E-state index in [2.05, 4.69) is 15.6 Å². The van der Waals surface area contributed by atoms with E-state index in [1.54, 1.807) is 30.5 Å². The fourth-order valence-corrected chi connectivity index (χ4v) is 3.21. The summed E-state index contributed by atoms with van der Waals surface area (Å²) < 4.78 is 26.7. The van der Waals surface area contributed by atoms with Gasteiger partial charge in [-0.05, 0) is 35.9 Å². The summed E-state index contributed by atoms with van der Waals surface area (Å²) in [6.07, 6.45) is 1.80. The van der Waals surface area contributed by atoms with Crippen LogP contribution in [0.1, 0.15) is 27.7 Å². The minimum Gasteiger partial charge on any atom is -0.326 e. The zero-order valence-electron chi connectivity index (χ0n) is 14.3. The van der Waals surface area contributed by atoms with Crippen LogP contribution in [0.4, 0.5) is 19.6 Å². The highest BCUT2D eigenvalue weighted by molar-refractivity contribution is 7.15. The van der Waals surface area contributed by atoms with Gasteiger partial charge in [0.1, 0.15) is 11.6 Å². The largest absolute Gasteiger partial charge is 0.326 e. The molecule has 0 fully saturated rings. The van der Waals surface area contributed by atoms with E-state index >= 15 is 0 Å². The Balaban J connectivity index is 1.64. The summed E-state index contributed by atoms with van der Waals surface area (Å²) in [6.45, 7) is 1.40. The lowest BCUT2D eigenvalue weighted by Crippen LogP contribution is -2.12. The normalized spacial score (nSPS) is 10.5. The van der Waals surface area contributed by atoms with Crippen molar-refractivity contribution in [3.63, 3.8) is 0 Å². The second-order valence-electron chi connectivity index (χ2n) is 5.76. The molecule has 2 N–H and O–H groups in total. The molecule has 0 spiro atoms. The van der Waals surface area contributed by atoms with E-state index in [4.69, 9.17) is 0 Å². The van der Waals surface area contributed by atoms with Gasteiger partial charge in [-0.1, -0.05) is 6.07 Å². The maximum Gasteiger partial charge on any atom is 0.257 e. The maximum absolute atomic E-state index is 13.7. The van der Waals surface area contributed by atoms with Crippen molar-refractivity contribution in [2.45, 2.75) is 13.3 Å². The quantitative estimate of drug-likeness (QED) is 0.689. The van der Waals surface area contributed by atoms with Crippen LogP contribution in [0.3, 0.4) is 0 Å². The number of nitrogens with one attached hydrogen (secondary N) is 2. The summed E-state index contributed by atoms with van der Waals surface area (Å²) >= 11 is 1.21. The molecule has 2 aromatic carbocycles. The van der Waals surface area contributed by atoms with Crippen LogP contribution < -0.4 is 10.6 Å². The van der Waals surface area contributed by atoms with Crippen LogP contribution in [-0.2, 0) is 11.2 Å². The third-order valence-electron chi connectivity index (χ3n) is 3.62. The highest BCUT2D eigenvalue weighted by Gasteiger charge is 2.11. The van der Waals surface area contributed by atoms with E-state index in [9.17, 15) is 18.4 Å². The number of amides is 2. The second-order valence-corrected chi connectivity index (χ2v) is 6.87. The zero-order chi connectivity index (χ0) is 19.4. The Bertz CT molecular complexity index is 987. The van der Waals surface area contributed by atoms with E-state index in [-0.39, 0.29) is 18.2 Å². The zero-order valence-corrected chi connectivity index (χ0v) is 15.1. The molecule has 2 amide bonds. The Morgan fingerprint density at radius 3 is 2.48 bits per heavy atom. The number of hydrogen-bond donors (Lipinski definition) is 2. The van der Waals surface area contributed by atoms with Crippen LogP contribution in [0.5, 0.6) is 0 Å². The predicted octanol–water partition coefficient (Wildman–Crippen LogP) is 4.22. The topological polar surface area (TPSA) is 71.1 Å². The molecule has 5 nitrogen and oxygen atoms in total. The van der Waals surface area contributed by atoms with E-state index in [0.29, 0.717) is 21.9 Å². The number of rotatable bonds is 5. The highest BCUT2D eigenvalue weighted by Crippen LogP contribution is 2.23. The van der Waals surface area contributed by atoms with Crippen molar-refractivity contribution < 1.29 is 18.4 Å². The summed E-state index contributed by atoms with van der Waals surface area (Å²) in [5, 5.41) is 5.67. The molecule has 0 radical (unpaired) electrons. The summed E-state index contributed by atoms with van der Waals surface area (Å²) in [7, 11) is 0. The van der Waals surface area contributed by atoms with Crippen molar-refractivity contribution in [2.75, 3.05) is 10.6 Å². The smallest absolute Gasteiger partial charge is 0.257 e. The molecule has 1 heterocycles. The summed E-state index contributed by atoms with van der Waals surface area (Å²) in [5.74, 6) is -1.79. The molecule has 1 aromatic heterocycles. The van der Waals surface area contributed by atoms with Gasteiger partial charge in [0.25, 0.3) is 5.91 Å². The molecule has 138 valence electrons. The lowest BCUT2D eigenvalue weighted by atomic mass is 10.1. The average molecular weight is 387 g/mol. The number of benzene rings is 2. The van der Waals surface area contributed by atoms with E-state index in [0.717, 1.165) is 10.9 Å². The summed E-state index contributed by atoms with van der Waals surface area (Å²) in [4.78, 5) is 28.1. The third kappa shape index (κ3) is 4.95. The molecule has 27 heavy (non-hydrogen) atoms. The van der Waals surface area contributed by atoms with Gasteiger partial charge < -0.3 is 5.32 Å². The van der Waals surface area contributed by atoms with Crippen LogP contribution in [0.25, 0.3) is 0 Å². The molecule has 0 unspecified atom stereocenters. The fourth-order valence-electron chi connectivity index (χ4n) is 2.38. The third-order valence-corrected chi connectivity index (χ3v) is 4.53. The first-order valence-corrected chi connectivity index (χ1v) is 8.80. The number of aromatic nitrogens is 1. The van der Waals surface area contributed by atoms with Crippen molar-refractivity contribution >= 4 is 34.0 Å². The van der Waals surface area contributed by atoms with Crippen molar-refractivity contribution in [3.05, 3.63) is 76.3 Å². The molecule has 0 bridgehead atoms. The second kappa shape index (κ2) is 8.05. The number of nitrogens with zero attached hydrogens (tertiary/aromatic N) is 1. The SMILES string of the molecule is CC(=O)Nc1ccc(C(=O)Nc2ncc(Cc3ccc(F)cc3F)s2)cc1. The van der Waals surface area contributed by atoms with Crippen LogP contribution in [-0.4, -0.2) is 16.8 Å². The molecular formula is C19H15F2N3O2S. The van der Waals surface area contributed by atoms with E-state index in [1.807, 2.05) is 0 Å². The Hall–Kier alpha value is -3.13. The van der Waals surface area contributed by atoms with Gasteiger partial charge in [0.05, 0.1) is 0 Å². The predicted molar refractivity (Wildman–Crippen MR) is 100.0 cm³/mol. The number of carbonyl (C=O) groups is 2. The standard InChI is InChI=1S/C19H15F2N3O2S/c1-11(25)23-15-6-3-12(4-7-15)18(26)24-19-22-10-16(27-19)8-13-2-5-14(20)9-17(13)21/h2-7,9-10H,8H2,1H3,(H,23,25)(H,22,24,26). The summed E-state index contributed by atoms with van der Waals surface area (Å²) in [5.41, 5.74) is 1.36. The average Bonchev–Trinajstić information content (AvgIpc) is 3.04. The van der Waals surface area contributed by atoms with Crippen molar-refractivity contribution in [2.24, 2.45) is 0 Å². The monoisotopic (exact) mass is 387 g/mol. The molecule has 0 saturated heterocycles. The van der Waals surface area contributed by atoms with Gasteiger partial charge in [-0.25, -0.2) is 13.8 Å². The Morgan fingerprint density at radius 1 is 1.07 bits per heavy atom. The first-order valence-electron chi connectivity index (χ1n) is 7.98. The van der Waals surface area contributed by atoms with Crippen LogP contribution >= 0.6 is 11.3 Å². The Labute approximate surface area is 158 Å². The van der Waals surface area contributed by atoms with Gasteiger partial charge in [0.2, 0.25) is 5.91 Å². The van der Waals surface area contributed by atoms with Gasteiger partial charge in [-0.15, -0.1) is 11.3 Å². The van der Waals surface area contributed by atoms with Gasteiger partial charge in [-0.2, -0.15) is 0 Å². The number of hydrogen-bond acceptors (Lipinski definition) is 4. The summed E-state index contributed by atoms with van der Waals surface area (Å²) in [6, 6.07) is 9.85. The van der Waals surface area contributed by atoms with Crippen LogP contribution in [0.2, 0.25) is 0 Å². The lowest BCUT2D eigenvalue weighted by Gasteiger charge is -2.04. The van der Waals surface area contributed by atoms with Crippen molar-refractivity contribution in [3.8, 4) is 0 Å². The molecule has 3 rings (SSSR count). The number of anilines is 2. The molecular weight excluding hydrogens is 372 g/mol. The van der Waals surface area contributed by atoms with Crippen LogP contribution in [0.15, 0.2) is 48.7 Å². The Kier molecular flexibility index (Phi) is 5.56. The molecule has 8 heteroatoms. The molecule has 0 aliphatic carbocycles. The van der Waals surface area contributed by atoms with Crippen molar-refractivity contribution in [1.29, 1.82) is 0 Å². The molecule has 0 aliphatic rings. The first-order chi connectivity index (χ1) is 12.9. The number of halogens is 2. The Morgan fingerprint density at radius 2 is 1.81 bits per heavy atom. The van der Waals surface area contributed by atoms with E-state index < -0.39 is 11.6 Å². The lowest BCUT2D eigenvalue weighted by molar-refractivity contribution is -0.114. The highest BCUT2D eigenvalue weighted by atomic mass is 32.1. The number of carbonyl (C=O) groups excluding carboxylic acids is 2. The molecule has 0 aliphatic heterocycles. The fraction of sp³-hybridized carbons (Fsp3) is 0.105. The van der Waals surface area contributed by atoms with Gasteiger partial charge >= 0.3 is 0 Å². The van der Waals surface area contributed by atoms with Gasteiger partial charge in [0, 0.05) is 41.7 Å². The maximum atomic E-state index is 13.7. The molecule has 0 atom stereocenters. The minimum absolute atomic E-state index is 0.194. The molecule has 3 aromatic rings. The number of thiazole rings is 1.